The summed E-state index contributed by atoms with van der Waals surface area (Å²) in [6.45, 7) is 6.73. The van der Waals surface area contributed by atoms with Gasteiger partial charge < -0.3 is 15.4 Å². The number of aryl methyl sites for hydroxylation is 1. The number of pyridine rings is 1. The van der Waals surface area contributed by atoms with Crippen LogP contribution in [0.25, 0.3) is 33.4 Å². The van der Waals surface area contributed by atoms with E-state index in [0.29, 0.717) is 40.9 Å². The van der Waals surface area contributed by atoms with Crippen molar-refractivity contribution in [2.45, 2.75) is 38.3 Å². The topological polar surface area (TPSA) is 107 Å². The smallest absolute Gasteiger partial charge is 0.260 e. The summed E-state index contributed by atoms with van der Waals surface area (Å²) in [7, 11) is 0. The molecule has 2 N–H and O–H groups in total. The molecule has 4 aromatic rings. The van der Waals surface area contributed by atoms with E-state index in [1.807, 2.05) is 38.1 Å². The number of ether oxygens (including phenoxy) is 1. The third kappa shape index (κ3) is 4.37. The second kappa shape index (κ2) is 9.48. The number of nitrogens with one attached hydrogen (secondary N) is 2. The number of nitrogens with zero attached hydrogens (tertiary/aromatic N) is 5. The SMILES string of the molecule is CCNc1ncc2cc(-c3ccc(-c4cncc(C)n4)cc3Cl)c(=O)n(C3COC4(CCNC4)C3)c2n1. The minimum Gasteiger partial charge on any atom is -0.371 e. The van der Waals surface area contributed by atoms with Gasteiger partial charge in [-0.25, -0.2) is 9.97 Å². The van der Waals surface area contributed by atoms with Gasteiger partial charge in [0, 0.05) is 59.0 Å². The average Bonchev–Trinajstić information content (AvgIpc) is 3.53. The molecule has 3 aromatic heterocycles. The molecule has 0 aliphatic carbocycles. The van der Waals surface area contributed by atoms with Crippen LogP contribution in [-0.2, 0) is 4.74 Å². The maximum atomic E-state index is 14.1. The molecule has 190 valence electrons. The summed E-state index contributed by atoms with van der Waals surface area (Å²) >= 11 is 6.78. The molecule has 1 aromatic carbocycles. The molecule has 2 aliphatic rings. The van der Waals surface area contributed by atoms with Crippen LogP contribution in [0.3, 0.4) is 0 Å². The van der Waals surface area contributed by atoms with Crippen LogP contribution >= 0.6 is 11.6 Å². The second-order valence-corrected chi connectivity index (χ2v) is 10.2. The fraction of sp³-hybridized carbons (Fsp3) is 0.370. The summed E-state index contributed by atoms with van der Waals surface area (Å²) in [5.74, 6) is 0.494. The first-order valence-corrected chi connectivity index (χ1v) is 12.9. The lowest BCUT2D eigenvalue weighted by molar-refractivity contribution is 0.0206. The third-order valence-corrected chi connectivity index (χ3v) is 7.49. The molecule has 2 saturated heterocycles. The minimum atomic E-state index is -0.238. The lowest BCUT2D eigenvalue weighted by Crippen LogP contribution is -2.32. The summed E-state index contributed by atoms with van der Waals surface area (Å²) in [5, 5.41) is 7.79. The second-order valence-electron chi connectivity index (χ2n) is 9.76. The standard InChI is InChI=1S/C27H28ClN7O2/c1-3-31-26-32-12-18-8-21(20-5-4-17(9-22(20)28)23-13-30-11-16(2)33-23)25(36)35(24(18)34-26)19-10-27(37-14-19)6-7-29-15-27/h4-5,8-9,11-13,19,29H,3,6-7,10,14-15H2,1-2H3,(H,31,32,34). The van der Waals surface area contributed by atoms with E-state index in [1.54, 1.807) is 23.2 Å². The Labute approximate surface area is 219 Å². The quantitative estimate of drug-likeness (QED) is 0.409. The van der Waals surface area contributed by atoms with E-state index in [-0.39, 0.29) is 17.2 Å². The van der Waals surface area contributed by atoms with Crippen molar-refractivity contribution in [3.63, 3.8) is 0 Å². The average molecular weight is 518 g/mol. The lowest BCUT2D eigenvalue weighted by atomic mass is 9.96. The van der Waals surface area contributed by atoms with Crippen LogP contribution in [0.2, 0.25) is 5.02 Å². The van der Waals surface area contributed by atoms with E-state index in [2.05, 4.69) is 25.6 Å². The largest absolute Gasteiger partial charge is 0.371 e. The molecule has 2 atom stereocenters. The molecule has 2 aliphatic heterocycles. The van der Waals surface area contributed by atoms with Gasteiger partial charge in [0.15, 0.2) is 0 Å². The monoisotopic (exact) mass is 517 g/mol. The highest BCUT2D eigenvalue weighted by Crippen LogP contribution is 2.39. The van der Waals surface area contributed by atoms with Crippen LogP contribution in [0.1, 0.15) is 31.5 Å². The molecular formula is C27H28ClN7O2. The summed E-state index contributed by atoms with van der Waals surface area (Å²) in [6.07, 6.45) is 6.85. The molecule has 37 heavy (non-hydrogen) atoms. The zero-order valence-corrected chi connectivity index (χ0v) is 21.5. The Balaban J connectivity index is 1.49. The highest BCUT2D eigenvalue weighted by atomic mass is 35.5. The number of hydrogen-bond donors (Lipinski definition) is 2. The van der Waals surface area contributed by atoms with E-state index in [4.69, 9.17) is 21.3 Å². The maximum absolute atomic E-state index is 14.1. The fourth-order valence-corrected chi connectivity index (χ4v) is 5.68. The van der Waals surface area contributed by atoms with Crippen LogP contribution in [0, 0.1) is 6.92 Å². The Kier molecular flexibility index (Phi) is 6.14. The fourth-order valence-electron chi connectivity index (χ4n) is 5.39. The summed E-state index contributed by atoms with van der Waals surface area (Å²) < 4.78 is 8.06. The van der Waals surface area contributed by atoms with Crippen LogP contribution in [0.15, 0.2) is 47.7 Å². The van der Waals surface area contributed by atoms with Gasteiger partial charge in [-0.3, -0.25) is 14.3 Å². The Bertz CT molecular complexity index is 1550. The molecule has 9 nitrogen and oxygen atoms in total. The molecule has 0 radical (unpaired) electrons. The van der Waals surface area contributed by atoms with Crippen molar-refractivity contribution in [2.24, 2.45) is 0 Å². The highest BCUT2D eigenvalue weighted by Gasteiger charge is 2.44. The first-order chi connectivity index (χ1) is 18.0. The minimum absolute atomic E-state index is 0.139. The van der Waals surface area contributed by atoms with E-state index in [9.17, 15) is 4.79 Å². The Morgan fingerprint density at radius 3 is 2.86 bits per heavy atom. The normalized spacial score (nSPS) is 21.2. The molecular weight excluding hydrogens is 490 g/mol. The predicted octanol–water partition coefficient (Wildman–Crippen LogP) is 4.00. The molecule has 0 saturated carbocycles. The van der Waals surface area contributed by atoms with Crippen molar-refractivity contribution in [1.82, 2.24) is 29.8 Å². The number of fused-ring (bicyclic) bond motifs is 1. The first-order valence-electron chi connectivity index (χ1n) is 12.6. The van der Waals surface area contributed by atoms with Gasteiger partial charge in [-0.05, 0) is 38.9 Å². The van der Waals surface area contributed by atoms with Crippen molar-refractivity contribution in [3.8, 4) is 22.4 Å². The van der Waals surface area contributed by atoms with Crippen LogP contribution in [0.4, 0.5) is 5.95 Å². The third-order valence-electron chi connectivity index (χ3n) is 7.18. The van der Waals surface area contributed by atoms with Crippen LogP contribution < -0.4 is 16.2 Å². The van der Waals surface area contributed by atoms with Crippen molar-refractivity contribution in [2.75, 3.05) is 31.6 Å². The Hall–Kier alpha value is -3.40. The van der Waals surface area contributed by atoms with Crippen molar-refractivity contribution in [1.29, 1.82) is 0 Å². The van der Waals surface area contributed by atoms with Crippen molar-refractivity contribution in [3.05, 3.63) is 63.9 Å². The Morgan fingerprint density at radius 1 is 1.22 bits per heavy atom. The summed E-state index contributed by atoms with van der Waals surface area (Å²) in [5.41, 5.74) is 3.76. The van der Waals surface area contributed by atoms with Crippen molar-refractivity contribution < 1.29 is 4.74 Å². The lowest BCUT2D eigenvalue weighted by Gasteiger charge is -2.22. The van der Waals surface area contributed by atoms with Gasteiger partial charge in [-0.1, -0.05) is 23.7 Å². The Morgan fingerprint density at radius 2 is 2.11 bits per heavy atom. The van der Waals surface area contributed by atoms with Gasteiger partial charge in [0.1, 0.15) is 5.65 Å². The molecule has 10 heteroatoms. The molecule has 0 bridgehead atoms. The molecule has 1 spiro atoms. The zero-order valence-electron chi connectivity index (χ0n) is 20.8. The van der Waals surface area contributed by atoms with Crippen LogP contribution in [-0.4, -0.2) is 56.3 Å². The maximum Gasteiger partial charge on any atom is 0.260 e. The molecule has 2 fully saturated rings. The van der Waals surface area contributed by atoms with E-state index in [0.717, 1.165) is 48.3 Å². The van der Waals surface area contributed by atoms with Gasteiger partial charge in [-0.2, -0.15) is 4.98 Å². The number of aromatic nitrogens is 5. The van der Waals surface area contributed by atoms with E-state index in [1.165, 1.54) is 0 Å². The van der Waals surface area contributed by atoms with E-state index >= 15 is 0 Å². The molecule has 5 heterocycles. The first kappa shape index (κ1) is 24.0. The van der Waals surface area contributed by atoms with Gasteiger partial charge in [-0.15, -0.1) is 0 Å². The van der Waals surface area contributed by atoms with Gasteiger partial charge in [0.2, 0.25) is 5.95 Å². The zero-order chi connectivity index (χ0) is 25.6. The number of anilines is 1. The molecule has 0 amide bonds. The number of hydrogen-bond acceptors (Lipinski definition) is 8. The number of rotatable bonds is 5. The summed E-state index contributed by atoms with van der Waals surface area (Å²) in [4.78, 5) is 32.1. The molecule has 2 unspecified atom stereocenters. The number of benzene rings is 1. The predicted molar refractivity (Wildman–Crippen MR) is 144 cm³/mol. The van der Waals surface area contributed by atoms with Gasteiger partial charge >= 0.3 is 0 Å². The summed E-state index contributed by atoms with van der Waals surface area (Å²) in [6, 6.07) is 7.31. The van der Waals surface area contributed by atoms with Gasteiger partial charge in [0.25, 0.3) is 5.56 Å². The highest BCUT2D eigenvalue weighted by molar-refractivity contribution is 6.33. The number of halogens is 1. The van der Waals surface area contributed by atoms with E-state index < -0.39 is 0 Å². The van der Waals surface area contributed by atoms with Gasteiger partial charge in [0.05, 0.1) is 35.8 Å². The molecule has 6 rings (SSSR count). The van der Waals surface area contributed by atoms with Crippen LogP contribution in [0.5, 0.6) is 0 Å². The van der Waals surface area contributed by atoms with Crippen molar-refractivity contribution >= 4 is 28.6 Å².